The van der Waals surface area contributed by atoms with Crippen LogP contribution in [0, 0.1) is 5.92 Å². The number of rotatable bonds is 2. The molecule has 1 aliphatic rings. The fourth-order valence-corrected chi connectivity index (χ4v) is 3.33. The molecule has 2 unspecified atom stereocenters. The minimum atomic E-state index is -0.0602. The molecule has 0 N–H and O–H groups in total. The monoisotopic (exact) mass is 290 g/mol. The first-order valence-corrected chi connectivity index (χ1v) is 5.60. The molecular weight excluding hydrogens is 280 g/mol. The fourth-order valence-electron chi connectivity index (χ4n) is 1.45. The summed E-state index contributed by atoms with van der Waals surface area (Å²) in [5.74, 6) is 0.472. The lowest BCUT2D eigenvalue weighted by Crippen LogP contribution is -2.28. The van der Waals surface area contributed by atoms with Crippen molar-refractivity contribution < 1.29 is 0 Å². The van der Waals surface area contributed by atoms with Gasteiger partial charge in [-0.05, 0) is 6.42 Å². The summed E-state index contributed by atoms with van der Waals surface area (Å²) >= 11 is 7.25. The molecule has 2 atom stereocenters. The van der Waals surface area contributed by atoms with Crippen molar-refractivity contribution in [1.29, 1.82) is 0 Å². The Kier molecular flexibility index (Phi) is 3.36. The Labute approximate surface area is 90.7 Å². The molecule has 0 bridgehead atoms. The van der Waals surface area contributed by atoms with Crippen LogP contribution in [0.3, 0.4) is 0 Å². The molecule has 0 radical (unpaired) electrons. The fraction of sp³-hybridized carbons (Fsp3) is 0.400. The summed E-state index contributed by atoms with van der Waals surface area (Å²) in [5, 5.41) is 0. The maximum atomic E-state index is 3.84. The summed E-state index contributed by atoms with van der Waals surface area (Å²) in [4.78, 5) is 0. The number of allylic oxidation sites excluding steroid dienone is 5. The van der Waals surface area contributed by atoms with E-state index in [1.165, 1.54) is 4.48 Å². The summed E-state index contributed by atoms with van der Waals surface area (Å²) < 4.78 is 1.18. The minimum absolute atomic E-state index is 0.0602. The van der Waals surface area contributed by atoms with E-state index in [4.69, 9.17) is 0 Å². The average Bonchev–Trinajstić information content (AvgIpc) is 2.05. The molecule has 0 saturated carbocycles. The summed E-state index contributed by atoms with van der Waals surface area (Å²) in [5.41, 5.74) is 0. The molecule has 0 saturated heterocycles. The Balaban J connectivity index is 2.98. The predicted molar refractivity (Wildman–Crippen MR) is 61.8 cm³/mol. The highest BCUT2D eigenvalue weighted by molar-refractivity contribution is 9.12. The molecule has 66 valence electrons. The third-order valence-electron chi connectivity index (χ3n) is 2.20. The Morgan fingerprint density at radius 2 is 2.42 bits per heavy atom. The van der Waals surface area contributed by atoms with Gasteiger partial charge in [-0.25, -0.2) is 0 Å². The number of hydrogen-bond donors (Lipinski definition) is 0. The molecule has 0 aromatic rings. The van der Waals surface area contributed by atoms with Crippen molar-refractivity contribution >= 4 is 31.9 Å². The van der Waals surface area contributed by atoms with Gasteiger partial charge >= 0.3 is 0 Å². The Morgan fingerprint density at radius 3 is 2.83 bits per heavy atom. The first-order valence-electron chi connectivity index (χ1n) is 4.01. The second-order valence-electron chi connectivity index (χ2n) is 2.90. The van der Waals surface area contributed by atoms with Gasteiger partial charge in [0.25, 0.3) is 0 Å². The van der Waals surface area contributed by atoms with Crippen LogP contribution < -0.4 is 0 Å². The maximum Gasteiger partial charge on any atom is 0.0690 e. The lowest BCUT2D eigenvalue weighted by Gasteiger charge is -2.31. The average molecular weight is 292 g/mol. The normalized spacial score (nSPS) is 34.6. The lowest BCUT2D eigenvalue weighted by atomic mass is 9.86. The second kappa shape index (κ2) is 3.93. The maximum absolute atomic E-state index is 3.84. The van der Waals surface area contributed by atoms with E-state index in [0.717, 1.165) is 6.42 Å². The van der Waals surface area contributed by atoms with Crippen LogP contribution in [0.15, 0.2) is 35.4 Å². The van der Waals surface area contributed by atoms with E-state index in [1.807, 2.05) is 12.2 Å². The predicted octanol–water partition coefficient (Wildman–Crippen LogP) is 4.18. The van der Waals surface area contributed by atoms with Gasteiger partial charge in [-0.3, -0.25) is 0 Å². The van der Waals surface area contributed by atoms with Gasteiger partial charge in [-0.1, -0.05) is 63.1 Å². The van der Waals surface area contributed by atoms with Crippen LogP contribution in [0.2, 0.25) is 0 Å². The molecule has 0 spiro atoms. The molecule has 12 heavy (non-hydrogen) atoms. The molecule has 0 amide bonds. The lowest BCUT2D eigenvalue weighted by molar-refractivity contribution is 0.572. The van der Waals surface area contributed by atoms with Crippen molar-refractivity contribution in [2.75, 3.05) is 0 Å². The van der Waals surface area contributed by atoms with Gasteiger partial charge in [0, 0.05) is 10.4 Å². The molecule has 0 aliphatic heterocycles. The Bertz CT molecular complexity index is 240. The van der Waals surface area contributed by atoms with E-state index in [0.29, 0.717) is 5.92 Å². The molecule has 0 aromatic heterocycles. The van der Waals surface area contributed by atoms with Gasteiger partial charge in [-0.15, -0.1) is 6.58 Å². The first-order chi connectivity index (χ1) is 5.64. The highest BCUT2D eigenvalue weighted by Crippen LogP contribution is 2.42. The van der Waals surface area contributed by atoms with Crippen molar-refractivity contribution in [3.05, 3.63) is 35.4 Å². The molecule has 0 heterocycles. The summed E-state index contributed by atoms with van der Waals surface area (Å²) in [6, 6.07) is 0. The molecule has 0 fully saturated rings. The van der Waals surface area contributed by atoms with Crippen molar-refractivity contribution in [2.24, 2.45) is 5.92 Å². The van der Waals surface area contributed by atoms with Crippen LogP contribution in [0.5, 0.6) is 0 Å². The Morgan fingerprint density at radius 1 is 1.75 bits per heavy atom. The largest absolute Gasteiger partial charge is 0.101 e. The van der Waals surface area contributed by atoms with Gasteiger partial charge in [-0.2, -0.15) is 0 Å². The Hall–Kier alpha value is 0.180. The van der Waals surface area contributed by atoms with E-state index < -0.39 is 0 Å². The number of halogens is 2. The number of alkyl halides is 1. The van der Waals surface area contributed by atoms with Crippen molar-refractivity contribution in [2.45, 2.75) is 17.7 Å². The van der Waals surface area contributed by atoms with Crippen LogP contribution >= 0.6 is 31.9 Å². The quantitative estimate of drug-likeness (QED) is 0.529. The van der Waals surface area contributed by atoms with Crippen LogP contribution in [0.1, 0.15) is 13.3 Å². The third kappa shape index (κ3) is 1.74. The van der Waals surface area contributed by atoms with Gasteiger partial charge in [0.15, 0.2) is 0 Å². The van der Waals surface area contributed by atoms with E-state index in [-0.39, 0.29) is 4.32 Å². The molecule has 1 aliphatic carbocycles. The zero-order valence-corrected chi connectivity index (χ0v) is 10.2. The smallest absolute Gasteiger partial charge is 0.0690 e. The first kappa shape index (κ1) is 10.3. The highest BCUT2D eigenvalue weighted by atomic mass is 79.9. The van der Waals surface area contributed by atoms with Crippen LogP contribution in [0.4, 0.5) is 0 Å². The summed E-state index contributed by atoms with van der Waals surface area (Å²) in [6.45, 7) is 6.02. The summed E-state index contributed by atoms with van der Waals surface area (Å²) in [6.07, 6.45) is 9.33. The topological polar surface area (TPSA) is 0 Å². The zero-order valence-electron chi connectivity index (χ0n) is 7.06. The van der Waals surface area contributed by atoms with Crippen LogP contribution in [-0.4, -0.2) is 4.32 Å². The van der Waals surface area contributed by atoms with Crippen LogP contribution in [-0.2, 0) is 0 Å². The van der Waals surface area contributed by atoms with Gasteiger partial charge in [0.05, 0.1) is 4.32 Å². The van der Waals surface area contributed by atoms with Crippen LogP contribution in [0.25, 0.3) is 0 Å². The number of hydrogen-bond acceptors (Lipinski definition) is 0. The van der Waals surface area contributed by atoms with E-state index in [9.17, 15) is 0 Å². The molecule has 1 rings (SSSR count). The van der Waals surface area contributed by atoms with E-state index in [2.05, 4.69) is 57.5 Å². The van der Waals surface area contributed by atoms with Gasteiger partial charge in [0.2, 0.25) is 0 Å². The molecular formula is C10H12Br2. The highest BCUT2D eigenvalue weighted by Gasteiger charge is 2.32. The second-order valence-corrected chi connectivity index (χ2v) is 5.19. The van der Waals surface area contributed by atoms with E-state index >= 15 is 0 Å². The molecule has 2 heteroatoms. The van der Waals surface area contributed by atoms with Crippen molar-refractivity contribution in [3.8, 4) is 0 Å². The standard InChI is InChI=1S/C10H12Br2/c1-3-8-9(11)6-5-7-10(8,12)4-2/h4-8H,2-3H2,1H3. The minimum Gasteiger partial charge on any atom is -0.101 e. The van der Waals surface area contributed by atoms with Crippen molar-refractivity contribution in [3.63, 3.8) is 0 Å². The van der Waals surface area contributed by atoms with Gasteiger partial charge in [0.1, 0.15) is 0 Å². The summed E-state index contributed by atoms with van der Waals surface area (Å²) in [7, 11) is 0. The van der Waals surface area contributed by atoms with Crippen molar-refractivity contribution in [1.82, 2.24) is 0 Å². The molecule has 0 aromatic carbocycles. The van der Waals surface area contributed by atoms with E-state index in [1.54, 1.807) is 0 Å². The van der Waals surface area contributed by atoms with Gasteiger partial charge < -0.3 is 0 Å². The zero-order chi connectivity index (χ0) is 9.19. The third-order valence-corrected chi connectivity index (χ3v) is 4.15. The molecule has 0 nitrogen and oxygen atoms in total. The SMILES string of the molecule is C=CC1(Br)C=CC=C(Br)C1CC.